The molecule has 1 aromatic carbocycles. The number of anilines is 1. The van der Waals surface area contributed by atoms with E-state index in [1.165, 1.54) is 16.9 Å². The van der Waals surface area contributed by atoms with Crippen molar-refractivity contribution < 1.29 is 14.3 Å². The van der Waals surface area contributed by atoms with Crippen LogP contribution in [0.2, 0.25) is 0 Å². The van der Waals surface area contributed by atoms with Gasteiger partial charge in [0.05, 0.1) is 11.9 Å². The van der Waals surface area contributed by atoms with Crippen LogP contribution >= 0.6 is 0 Å². The second-order valence-corrected chi connectivity index (χ2v) is 7.25. The predicted molar refractivity (Wildman–Crippen MR) is 112 cm³/mol. The molecule has 0 atom stereocenters. The van der Waals surface area contributed by atoms with Crippen molar-refractivity contribution in [1.29, 1.82) is 0 Å². The van der Waals surface area contributed by atoms with Gasteiger partial charge in [-0.3, -0.25) is 14.2 Å². The lowest BCUT2D eigenvalue weighted by molar-refractivity contribution is -0.117. The Morgan fingerprint density at radius 1 is 1.16 bits per heavy atom. The van der Waals surface area contributed by atoms with Gasteiger partial charge in [0, 0.05) is 24.6 Å². The summed E-state index contributed by atoms with van der Waals surface area (Å²) in [6.45, 7) is 0.473. The van der Waals surface area contributed by atoms with Gasteiger partial charge in [-0.15, -0.1) is 0 Å². The lowest BCUT2D eigenvalue weighted by Crippen LogP contribution is -2.30. The van der Waals surface area contributed by atoms with E-state index in [0.29, 0.717) is 23.5 Å². The zero-order chi connectivity index (χ0) is 21.8. The number of amides is 2. The Morgan fingerprint density at radius 3 is 2.81 bits per heavy atom. The number of hydrogen-bond donors (Lipinski definition) is 2. The average molecular weight is 422 g/mol. The second kappa shape index (κ2) is 8.82. The number of nitrogens with zero attached hydrogens (tertiary/aromatic N) is 4. The van der Waals surface area contributed by atoms with Crippen molar-refractivity contribution in [1.82, 2.24) is 19.3 Å². The first kappa shape index (κ1) is 20.3. The lowest BCUT2D eigenvalue weighted by atomic mass is 10.2. The Kier molecular flexibility index (Phi) is 5.78. The van der Waals surface area contributed by atoms with E-state index in [9.17, 15) is 14.4 Å². The number of primary amides is 1. The summed E-state index contributed by atoms with van der Waals surface area (Å²) < 4.78 is 8.46. The quantitative estimate of drug-likeness (QED) is 0.621. The van der Waals surface area contributed by atoms with E-state index >= 15 is 0 Å². The molecule has 1 aliphatic rings. The van der Waals surface area contributed by atoms with Crippen molar-refractivity contribution in [3.63, 3.8) is 0 Å². The average Bonchev–Trinajstić information content (AvgIpc) is 2.91. The minimum atomic E-state index is -0.551. The van der Waals surface area contributed by atoms with Gasteiger partial charge in [0.1, 0.15) is 18.1 Å². The van der Waals surface area contributed by atoms with Crippen LogP contribution in [0, 0.1) is 0 Å². The molecule has 0 fully saturated rings. The summed E-state index contributed by atoms with van der Waals surface area (Å²) in [4.78, 5) is 40.2. The highest BCUT2D eigenvalue weighted by molar-refractivity contribution is 5.93. The first-order valence-corrected chi connectivity index (χ1v) is 10.00. The SMILES string of the molecule is NC(=O)c1cccc(Oc2ccc(NC(=O)Cn3nc4n(c3=O)CCCCC4)cn2)c1. The number of carbonyl (C=O) groups excluding carboxylic acids is 2. The zero-order valence-electron chi connectivity index (χ0n) is 16.8. The Balaban J connectivity index is 1.38. The molecule has 0 saturated carbocycles. The van der Waals surface area contributed by atoms with Gasteiger partial charge in [0.25, 0.3) is 0 Å². The van der Waals surface area contributed by atoms with Crippen LogP contribution in [0.1, 0.15) is 35.4 Å². The van der Waals surface area contributed by atoms with E-state index in [1.54, 1.807) is 34.9 Å². The standard InChI is InChI=1S/C21H22N6O4/c22-20(29)14-5-4-6-16(11-14)31-19-9-8-15(12-23-19)24-18(28)13-27-21(30)26-10-3-1-2-7-17(26)25-27/h4-6,8-9,11-12H,1-3,7,10,13H2,(H2,22,29)(H,24,28). The van der Waals surface area contributed by atoms with E-state index < -0.39 is 5.91 Å². The van der Waals surface area contributed by atoms with E-state index in [1.807, 2.05) is 0 Å². The smallest absolute Gasteiger partial charge is 0.346 e. The van der Waals surface area contributed by atoms with Crippen LogP contribution < -0.4 is 21.5 Å². The molecule has 0 radical (unpaired) electrons. The zero-order valence-corrected chi connectivity index (χ0v) is 16.8. The van der Waals surface area contributed by atoms with Gasteiger partial charge in [-0.05, 0) is 37.1 Å². The number of hydrogen-bond acceptors (Lipinski definition) is 6. The number of fused-ring (bicyclic) bond motifs is 1. The summed E-state index contributed by atoms with van der Waals surface area (Å²) in [5.41, 5.74) is 5.79. The Morgan fingerprint density at radius 2 is 2.03 bits per heavy atom. The number of ether oxygens (including phenoxy) is 1. The lowest BCUT2D eigenvalue weighted by Gasteiger charge is -2.08. The topological polar surface area (TPSA) is 134 Å². The van der Waals surface area contributed by atoms with Crippen molar-refractivity contribution in [2.45, 2.75) is 38.8 Å². The number of aromatic nitrogens is 4. The van der Waals surface area contributed by atoms with Gasteiger partial charge in [-0.1, -0.05) is 12.5 Å². The van der Waals surface area contributed by atoms with Gasteiger partial charge in [-0.25, -0.2) is 14.5 Å². The molecule has 0 spiro atoms. The molecule has 10 heteroatoms. The Labute approximate surface area is 177 Å². The van der Waals surface area contributed by atoms with Crippen LogP contribution in [0.4, 0.5) is 5.69 Å². The molecule has 2 aromatic heterocycles. The molecule has 10 nitrogen and oxygen atoms in total. The van der Waals surface area contributed by atoms with Crippen molar-refractivity contribution >= 4 is 17.5 Å². The highest BCUT2D eigenvalue weighted by Crippen LogP contribution is 2.21. The number of aryl methyl sites for hydroxylation is 1. The Hall–Kier alpha value is -3.95. The molecule has 0 aliphatic carbocycles. The highest BCUT2D eigenvalue weighted by Gasteiger charge is 2.17. The number of carbonyl (C=O) groups is 2. The third-order valence-electron chi connectivity index (χ3n) is 4.94. The van der Waals surface area contributed by atoms with E-state index in [-0.39, 0.29) is 24.0 Å². The molecule has 0 unspecified atom stereocenters. The van der Waals surface area contributed by atoms with Gasteiger partial charge in [0.2, 0.25) is 17.7 Å². The van der Waals surface area contributed by atoms with E-state index in [0.717, 1.165) is 31.5 Å². The number of pyridine rings is 1. The van der Waals surface area contributed by atoms with Crippen molar-refractivity contribution in [3.05, 3.63) is 64.5 Å². The van der Waals surface area contributed by atoms with E-state index in [2.05, 4.69) is 15.4 Å². The molecule has 31 heavy (non-hydrogen) atoms. The normalized spacial score (nSPS) is 13.2. The monoisotopic (exact) mass is 422 g/mol. The van der Waals surface area contributed by atoms with E-state index in [4.69, 9.17) is 10.5 Å². The highest BCUT2D eigenvalue weighted by atomic mass is 16.5. The maximum Gasteiger partial charge on any atom is 0.346 e. The summed E-state index contributed by atoms with van der Waals surface area (Å²) in [6.07, 6.45) is 5.20. The minimum absolute atomic E-state index is 0.170. The van der Waals surface area contributed by atoms with Crippen LogP contribution in [-0.4, -0.2) is 31.1 Å². The van der Waals surface area contributed by atoms with Crippen LogP contribution in [0.25, 0.3) is 0 Å². The molecule has 0 saturated heterocycles. The van der Waals surface area contributed by atoms with Crippen molar-refractivity contribution in [2.75, 3.05) is 5.32 Å². The number of nitrogens with two attached hydrogens (primary N) is 1. The van der Waals surface area contributed by atoms with Crippen LogP contribution in [-0.2, 0) is 24.3 Å². The summed E-state index contributed by atoms with van der Waals surface area (Å²) >= 11 is 0. The summed E-state index contributed by atoms with van der Waals surface area (Å²) in [7, 11) is 0. The molecule has 3 aromatic rings. The van der Waals surface area contributed by atoms with Gasteiger partial charge >= 0.3 is 5.69 Å². The molecule has 3 heterocycles. The molecule has 1 aliphatic heterocycles. The van der Waals surface area contributed by atoms with Crippen LogP contribution in [0.15, 0.2) is 47.4 Å². The first-order valence-electron chi connectivity index (χ1n) is 10.00. The van der Waals surface area contributed by atoms with Crippen molar-refractivity contribution in [3.8, 4) is 11.6 Å². The third-order valence-corrected chi connectivity index (χ3v) is 4.94. The molecular weight excluding hydrogens is 400 g/mol. The number of benzene rings is 1. The maximum atomic E-state index is 12.5. The van der Waals surface area contributed by atoms with Crippen molar-refractivity contribution in [2.24, 2.45) is 5.73 Å². The fourth-order valence-corrected chi connectivity index (χ4v) is 3.41. The van der Waals surface area contributed by atoms with Crippen LogP contribution in [0.3, 0.4) is 0 Å². The first-order chi connectivity index (χ1) is 15.0. The van der Waals surface area contributed by atoms with Crippen LogP contribution in [0.5, 0.6) is 11.6 Å². The summed E-state index contributed by atoms with van der Waals surface area (Å²) in [5.74, 6) is 0.511. The fraction of sp³-hybridized carbons (Fsp3) is 0.286. The molecule has 4 rings (SSSR count). The minimum Gasteiger partial charge on any atom is -0.439 e. The largest absolute Gasteiger partial charge is 0.439 e. The fourth-order valence-electron chi connectivity index (χ4n) is 3.41. The summed E-state index contributed by atoms with van der Waals surface area (Å²) in [5, 5.41) is 7.01. The second-order valence-electron chi connectivity index (χ2n) is 7.25. The van der Waals surface area contributed by atoms with Gasteiger partial charge in [-0.2, -0.15) is 5.10 Å². The molecule has 2 amide bonds. The number of nitrogens with one attached hydrogen (secondary N) is 1. The molecule has 160 valence electrons. The summed E-state index contributed by atoms with van der Waals surface area (Å²) in [6, 6.07) is 9.64. The molecule has 3 N–H and O–H groups in total. The molecular formula is C21H22N6O4. The predicted octanol–water partition coefficient (Wildman–Crippen LogP) is 1.70. The van der Waals surface area contributed by atoms with Gasteiger partial charge in [0.15, 0.2) is 0 Å². The Bertz CT molecular complexity index is 1170. The number of rotatable bonds is 6. The third kappa shape index (κ3) is 4.80. The maximum absolute atomic E-state index is 12.5. The van der Waals surface area contributed by atoms with Gasteiger partial charge < -0.3 is 15.8 Å². The molecule has 0 bridgehead atoms.